The highest BCUT2D eigenvalue weighted by molar-refractivity contribution is 7.80. The van der Waals surface area contributed by atoms with Gasteiger partial charge in [0, 0.05) is 37.8 Å². The number of thiocarbonyl (C=S) groups is 1. The normalized spacial score (nSPS) is 23.5. The number of aryl methyl sites for hydroxylation is 1. The standard InChI is InChI=1S/C36H42FN5S/c1-26-39-33-9-5-6-10-34(33)42(26)32-23-30-15-16-31(24-32)41(30)22-19-36(28-7-3-2-4-8-28)17-20-40(21-18-36)35(43)38-25-27-11-13-29(37)14-12-27/h2-14,30-32H,15-25H2,1H3,(H,38,43). The molecule has 3 saturated heterocycles. The maximum absolute atomic E-state index is 13.3. The van der Waals surface area contributed by atoms with Crippen LogP contribution in [-0.4, -0.2) is 56.2 Å². The van der Waals surface area contributed by atoms with Crippen LogP contribution in [0, 0.1) is 12.7 Å². The third kappa shape index (κ3) is 5.69. The van der Waals surface area contributed by atoms with Crippen molar-refractivity contribution in [3.63, 3.8) is 0 Å². The van der Waals surface area contributed by atoms with Gasteiger partial charge in [-0.25, -0.2) is 9.37 Å². The van der Waals surface area contributed by atoms with Crippen molar-refractivity contribution in [3.05, 3.63) is 102 Å². The molecule has 3 aliphatic heterocycles. The number of rotatable bonds is 7. The first-order valence-electron chi connectivity index (χ1n) is 16.0. The molecule has 2 unspecified atom stereocenters. The van der Waals surface area contributed by atoms with Crippen molar-refractivity contribution < 1.29 is 4.39 Å². The van der Waals surface area contributed by atoms with Gasteiger partial charge in [-0.2, -0.15) is 0 Å². The Labute approximate surface area is 260 Å². The molecule has 4 aromatic rings. The lowest BCUT2D eigenvalue weighted by molar-refractivity contribution is 0.0888. The number of benzene rings is 3. The summed E-state index contributed by atoms with van der Waals surface area (Å²) >= 11 is 5.81. The van der Waals surface area contributed by atoms with Gasteiger partial charge in [-0.15, -0.1) is 0 Å². The fourth-order valence-electron chi connectivity index (χ4n) is 8.29. The molecular weight excluding hydrogens is 553 g/mol. The summed E-state index contributed by atoms with van der Waals surface area (Å²) in [7, 11) is 0. The zero-order chi connectivity index (χ0) is 29.4. The number of fused-ring (bicyclic) bond motifs is 3. The van der Waals surface area contributed by atoms with Crippen LogP contribution in [0.15, 0.2) is 78.9 Å². The van der Waals surface area contributed by atoms with Crippen LogP contribution in [0.5, 0.6) is 0 Å². The first kappa shape index (κ1) is 28.5. The molecule has 2 atom stereocenters. The molecule has 0 radical (unpaired) electrons. The SMILES string of the molecule is Cc1nc2ccccc2n1C1CC2CCC(C1)N2CCC1(c2ccccc2)CCN(C(=S)NCc2ccc(F)cc2)CC1. The molecule has 224 valence electrons. The molecule has 3 aliphatic rings. The number of imidazole rings is 1. The van der Waals surface area contributed by atoms with Gasteiger partial charge >= 0.3 is 0 Å². The molecule has 1 aromatic heterocycles. The molecule has 7 heteroatoms. The summed E-state index contributed by atoms with van der Waals surface area (Å²) in [4.78, 5) is 10.1. The Morgan fingerprint density at radius 3 is 2.30 bits per heavy atom. The van der Waals surface area contributed by atoms with Gasteiger partial charge in [0.2, 0.25) is 0 Å². The zero-order valence-electron chi connectivity index (χ0n) is 25.1. The summed E-state index contributed by atoms with van der Waals surface area (Å²) in [6, 6.07) is 28.3. The van der Waals surface area contributed by atoms with E-state index in [0.717, 1.165) is 54.5 Å². The maximum Gasteiger partial charge on any atom is 0.169 e. The number of hydrogen-bond donors (Lipinski definition) is 1. The number of aromatic nitrogens is 2. The molecule has 0 aliphatic carbocycles. The van der Waals surface area contributed by atoms with Crippen LogP contribution in [0.25, 0.3) is 11.0 Å². The lowest BCUT2D eigenvalue weighted by Crippen LogP contribution is -2.50. The Balaban J connectivity index is 1.01. The van der Waals surface area contributed by atoms with Gasteiger partial charge in [0.05, 0.1) is 11.0 Å². The predicted octanol–water partition coefficient (Wildman–Crippen LogP) is 7.15. The van der Waals surface area contributed by atoms with Crippen molar-refractivity contribution in [2.24, 2.45) is 0 Å². The Hall–Kier alpha value is -3.29. The molecule has 43 heavy (non-hydrogen) atoms. The van der Waals surface area contributed by atoms with E-state index in [9.17, 15) is 4.39 Å². The van der Waals surface area contributed by atoms with E-state index in [1.807, 2.05) is 12.1 Å². The van der Waals surface area contributed by atoms with Crippen molar-refractivity contribution >= 4 is 28.4 Å². The van der Waals surface area contributed by atoms with E-state index in [1.165, 1.54) is 55.3 Å². The molecule has 3 aromatic carbocycles. The summed E-state index contributed by atoms with van der Waals surface area (Å²) < 4.78 is 15.8. The van der Waals surface area contributed by atoms with Crippen LogP contribution in [0.4, 0.5) is 4.39 Å². The third-order valence-corrected chi connectivity index (χ3v) is 11.0. The Morgan fingerprint density at radius 1 is 0.907 bits per heavy atom. The van der Waals surface area contributed by atoms with Gasteiger partial charge in [0.15, 0.2) is 5.11 Å². The minimum Gasteiger partial charge on any atom is -0.358 e. The van der Waals surface area contributed by atoms with E-state index in [4.69, 9.17) is 17.2 Å². The second-order valence-corrected chi connectivity index (χ2v) is 13.3. The molecule has 4 heterocycles. The van der Waals surface area contributed by atoms with Gasteiger partial charge in [-0.3, -0.25) is 4.90 Å². The van der Waals surface area contributed by atoms with Crippen molar-refractivity contribution in [2.45, 2.75) is 82.0 Å². The van der Waals surface area contributed by atoms with E-state index < -0.39 is 0 Å². The smallest absolute Gasteiger partial charge is 0.169 e. The fraction of sp³-hybridized carbons (Fsp3) is 0.444. The summed E-state index contributed by atoms with van der Waals surface area (Å²) in [5.74, 6) is 0.942. The predicted molar refractivity (Wildman–Crippen MR) is 176 cm³/mol. The molecule has 2 bridgehead atoms. The number of halogens is 1. The van der Waals surface area contributed by atoms with Crippen molar-refractivity contribution in [1.29, 1.82) is 0 Å². The summed E-state index contributed by atoms with van der Waals surface area (Å²) in [6.45, 7) is 5.85. The van der Waals surface area contributed by atoms with Crippen LogP contribution in [0.3, 0.4) is 0 Å². The van der Waals surface area contributed by atoms with E-state index in [0.29, 0.717) is 24.7 Å². The monoisotopic (exact) mass is 595 g/mol. The van der Waals surface area contributed by atoms with E-state index in [2.05, 4.69) is 81.2 Å². The van der Waals surface area contributed by atoms with Crippen LogP contribution in [0.1, 0.15) is 67.9 Å². The van der Waals surface area contributed by atoms with Gasteiger partial charge in [-0.05, 0) is 111 Å². The van der Waals surface area contributed by atoms with Crippen LogP contribution in [0.2, 0.25) is 0 Å². The highest BCUT2D eigenvalue weighted by Crippen LogP contribution is 2.45. The average molecular weight is 596 g/mol. The van der Waals surface area contributed by atoms with E-state index >= 15 is 0 Å². The van der Waals surface area contributed by atoms with Crippen molar-refractivity contribution in [1.82, 2.24) is 24.7 Å². The maximum atomic E-state index is 13.3. The van der Waals surface area contributed by atoms with E-state index in [1.54, 1.807) is 0 Å². The van der Waals surface area contributed by atoms with Crippen molar-refractivity contribution in [3.8, 4) is 0 Å². The molecular formula is C36H42FN5S. The molecule has 3 fully saturated rings. The first-order valence-corrected chi connectivity index (χ1v) is 16.4. The molecule has 1 N–H and O–H groups in total. The number of hydrogen-bond acceptors (Lipinski definition) is 3. The summed E-state index contributed by atoms with van der Waals surface area (Å²) in [5, 5.41) is 4.21. The Morgan fingerprint density at radius 2 is 1.58 bits per heavy atom. The highest BCUT2D eigenvalue weighted by Gasteiger charge is 2.44. The minimum atomic E-state index is -0.209. The fourth-order valence-corrected chi connectivity index (χ4v) is 8.55. The van der Waals surface area contributed by atoms with Crippen molar-refractivity contribution in [2.75, 3.05) is 19.6 Å². The largest absolute Gasteiger partial charge is 0.358 e. The van der Waals surface area contributed by atoms with Gasteiger partial charge in [0.1, 0.15) is 11.6 Å². The van der Waals surface area contributed by atoms with Gasteiger partial charge in [0.25, 0.3) is 0 Å². The summed E-state index contributed by atoms with van der Waals surface area (Å²) in [5.41, 5.74) is 5.09. The molecule has 7 rings (SSSR count). The number of nitrogens with one attached hydrogen (secondary N) is 1. The zero-order valence-corrected chi connectivity index (χ0v) is 25.9. The highest BCUT2D eigenvalue weighted by atomic mass is 32.1. The first-order chi connectivity index (χ1) is 21.0. The quantitative estimate of drug-likeness (QED) is 0.230. The topological polar surface area (TPSA) is 36.3 Å². The van der Waals surface area contributed by atoms with Crippen LogP contribution >= 0.6 is 12.2 Å². The molecule has 0 amide bonds. The molecule has 0 spiro atoms. The van der Waals surface area contributed by atoms with Gasteiger partial charge in [-0.1, -0.05) is 54.6 Å². The second kappa shape index (κ2) is 12.0. The molecule has 5 nitrogen and oxygen atoms in total. The Kier molecular flexibility index (Phi) is 7.95. The van der Waals surface area contributed by atoms with Crippen LogP contribution < -0.4 is 5.32 Å². The Bertz CT molecular complexity index is 1550. The van der Waals surface area contributed by atoms with Gasteiger partial charge < -0.3 is 14.8 Å². The lowest BCUT2D eigenvalue weighted by atomic mass is 9.70. The number of likely N-dealkylation sites (tertiary alicyclic amines) is 1. The second-order valence-electron chi connectivity index (χ2n) is 12.9. The van der Waals surface area contributed by atoms with Crippen LogP contribution in [-0.2, 0) is 12.0 Å². The lowest BCUT2D eigenvalue weighted by Gasteiger charge is -2.46. The number of para-hydroxylation sites is 2. The minimum absolute atomic E-state index is 0.164. The number of nitrogens with zero attached hydrogens (tertiary/aromatic N) is 4. The molecule has 0 saturated carbocycles. The third-order valence-electron chi connectivity index (χ3n) is 10.6. The number of piperidine rings is 2. The average Bonchev–Trinajstić information content (AvgIpc) is 3.50. The van der Waals surface area contributed by atoms with E-state index in [-0.39, 0.29) is 11.2 Å². The summed E-state index contributed by atoms with van der Waals surface area (Å²) in [6.07, 6.45) is 8.45.